The zero-order chi connectivity index (χ0) is 23.3. The summed E-state index contributed by atoms with van der Waals surface area (Å²) in [5, 5.41) is 5.57. The molecular formula is C25H30N6O2. The molecule has 3 N–H and O–H groups in total. The van der Waals surface area contributed by atoms with E-state index in [1.807, 2.05) is 4.52 Å². The Bertz CT molecular complexity index is 1350. The van der Waals surface area contributed by atoms with E-state index in [1.165, 1.54) is 16.5 Å². The topological polar surface area (TPSA) is 102 Å². The van der Waals surface area contributed by atoms with Crippen molar-refractivity contribution in [3.63, 3.8) is 0 Å². The van der Waals surface area contributed by atoms with Gasteiger partial charge in [-0.25, -0.2) is 9.50 Å². The molecule has 4 aromatic rings. The Morgan fingerprint density at radius 1 is 1.30 bits per heavy atom. The van der Waals surface area contributed by atoms with Crippen molar-refractivity contribution in [2.75, 3.05) is 26.2 Å². The van der Waals surface area contributed by atoms with Crippen molar-refractivity contribution >= 4 is 22.5 Å². The number of hydrogen-bond donors (Lipinski definition) is 2. The molecule has 5 rings (SSSR count). The molecule has 4 heterocycles. The minimum absolute atomic E-state index is 0.0867. The Morgan fingerprint density at radius 3 is 2.88 bits per heavy atom. The van der Waals surface area contributed by atoms with Gasteiger partial charge in [-0.3, -0.25) is 9.69 Å². The first-order valence-corrected chi connectivity index (χ1v) is 11.4. The summed E-state index contributed by atoms with van der Waals surface area (Å²) in [6, 6.07) is 6.48. The molecule has 1 amide bonds. The molecule has 1 atom stereocenters. The van der Waals surface area contributed by atoms with Gasteiger partial charge < -0.3 is 15.5 Å². The monoisotopic (exact) mass is 446 g/mol. The van der Waals surface area contributed by atoms with E-state index >= 15 is 0 Å². The Balaban J connectivity index is 1.61. The number of pyridine rings is 1. The number of rotatable bonds is 5. The number of benzene rings is 1. The Hall–Kier alpha value is -3.23. The summed E-state index contributed by atoms with van der Waals surface area (Å²) in [5.41, 5.74) is 14.4. The van der Waals surface area contributed by atoms with Crippen molar-refractivity contribution in [2.24, 2.45) is 5.73 Å². The summed E-state index contributed by atoms with van der Waals surface area (Å²) in [6.07, 6.45) is 3.57. The minimum atomic E-state index is -0.307. The number of nitrogens with one attached hydrogen (secondary N) is 1. The molecule has 1 fully saturated rings. The number of carbonyl (C=O) groups excluding carboxylic acids is 1. The van der Waals surface area contributed by atoms with Crippen LogP contribution in [0.2, 0.25) is 0 Å². The highest BCUT2D eigenvalue weighted by Crippen LogP contribution is 2.39. The number of aryl methyl sites for hydroxylation is 1. The van der Waals surface area contributed by atoms with Crippen molar-refractivity contribution in [3.8, 4) is 11.3 Å². The summed E-state index contributed by atoms with van der Waals surface area (Å²) in [5.74, 6) is 0.00673. The van der Waals surface area contributed by atoms with E-state index in [2.05, 4.69) is 72.1 Å². The molecule has 172 valence electrons. The highest BCUT2D eigenvalue weighted by atomic mass is 16.5. The number of hydrogen-bond acceptors (Lipinski definition) is 5. The highest BCUT2D eigenvalue weighted by molar-refractivity contribution is 5.92. The van der Waals surface area contributed by atoms with E-state index in [4.69, 9.17) is 10.5 Å². The molecule has 1 aromatic carbocycles. The summed E-state index contributed by atoms with van der Waals surface area (Å²) >= 11 is 0. The van der Waals surface area contributed by atoms with Gasteiger partial charge in [0.2, 0.25) is 5.91 Å². The zero-order valence-corrected chi connectivity index (χ0v) is 19.6. The van der Waals surface area contributed by atoms with Crippen LogP contribution in [0.3, 0.4) is 0 Å². The zero-order valence-electron chi connectivity index (χ0n) is 19.6. The lowest BCUT2D eigenvalue weighted by molar-refractivity contribution is -0.121. The van der Waals surface area contributed by atoms with Crippen LogP contribution in [0.5, 0.6) is 0 Å². The van der Waals surface area contributed by atoms with Crippen molar-refractivity contribution in [3.05, 3.63) is 53.0 Å². The highest BCUT2D eigenvalue weighted by Gasteiger charge is 2.25. The van der Waals surface area contributed by atoms with E-state index in [-0.39, 0.29) is 18.6 Å². The number of aromatic amines is 1. The normalized spacial score (nSPS) is 17.4. The van der Waals surface area contributed by atoms with E-state index < -0.39 is 0 Å². The number of amides is 1. The summed E-state index contributed by atoms with van der Waals surface area (Å²) < 4.78 is 7.92. The predicted molar refractivity (Wildman–Crippen MR) is 128 cm³/mol. The largest absolute Gasteiger partial charge is 0.371 e. The van der Waals surface area contributed by atoms with E-state index in [1.54, 1.807) is 6.33 Å². The fourth-order valence-electron chi connectivity index (χ4n) is 4.96. The van der Waals surface area contributed by atoms with Crippen LogP contribution in [-0.4, -0.2) is 56.6 Å². The van der Waals surface area contributed by atoms with Gasteiger partial charge in [0, 0.05) is 35.8 Å². The lowest BCUT2D eigenvalue weighted by atomic mass is 9.93. The molecule has 1 unspecified atom stereocenters. The maximum Gasteiger partial charge on any atom is 0.231 e. The van der Waals surface area contributed by atoms with Gasteiger partial charge in [-0.2, -0.15) is 5.10 Å². The van der Waals surface area contributed by atoms with E-state index in [9.17, 15) is 4.79 Å². The van der Waals surface area contributed by atoms with Crippen LogP contribution in [0.4, 0.5) is 0 Å². The van der Waals surface area contributed by atoms with Gasteiger partial charge in [0.1, 0.15) is 6.33 Å². The molecule has 1 saturated heterocycles. The van der Waals surface area contributed by atoms with Gasteiger partial charge in [-0.1, -0.05) is 19.9 Å². The third kappa shape index (κ3) is 3.79. The van der Waals surface area contributed by atoms with Crippen molar-refractivity contribution < 1.29 is 9.53 Å². The second-order valence-corrected chi connectivity index (χ2v) is 9.26. The van der Waals surface area contributed by atoms with Crippen LogP contribution in [0.25, 0.3) is 27.8 Å². The van der Waals surface area contributed by atoms with E-state index in [0.717, 1.165) is 40.1 Å². The standard InChI is InChI=1S/C25H30N6O2/c1-14(2)23-18-9-17(21-11-30(7-8-33-21)12-22(26)32)5-6-20(18)29-24(23)19-10-31-25(27-13-28-31)16(4)15(19)3/h5-6,9-10,13-14,21,29H,7-8,11-12H2,1-4H3,(H2,26,32). The number of nitrogens with zero attached hydrogens (tertiary/aromatic N) is 4. The van der Waals surface area contributed by atoms with Crippen molar-refractivity contribution in [1.29, 1.82) is 0 Å². The van der Waals surface area contributed by atoms with Crippen molar-refractivity contribution in [2.45, 2.75) is 39.7 Å². The fourth-order valence-corrected chi connectivity index (χ4v) is 4.96. The second-order valence-electron chi connectivity index (χ2n) is 9.26. The van der Waals surface area contributed by atoms with Crippen LogP contribution in [0, 0.1) is 13.8 Å². The number of H-pyrrole nitrogens is 1. The first kappa shape index (κ1) is 21.6. The maximum absolute atomic E-state index is 11.4. The first-order valence-electron chi connectivity index (χ1n) is 11.4. The molecule has 8 nitrogen and oxygen atoms in total. The summed E-state index contributed by atoms with van der Waals surface area (Å²) in [7, 11) is 0. The summed E-state index contributed by atoms with van der Waals surface area (Å²) in [6.45, 7) is 10.9. The van der Waals surface area contributed by atoms with Gasteiger partial charge >= 0.3 is 0 Å². The van der Waals surface area contributed by atoms with Crippen LogP contribution in [0.1, 0.15) is 48.1 Å². The van der Waals surface area contributed by atoms with Crippen LogP contribution in [0.15, 0.2) is 30.7 Å². The van der Waals surface area contributed by atoms with Gasteiger partial charge in [-0.05, 0) is 54.2 Å². The smallest absolute Gasteiger partial charge is 0.231 e. The number of aromatic nitrogens is 4. The lowest BCUT2D eigenvalue weighted by Crippen LogP contribution is -2.42. The third-order valence-electron chi connectivity index (χ3n) is 6.74. The average Bonchev–Trinajstić information content (AvgIpc) is 3.40. The molecule has 0 bridgehead atoms. The minimum Gasteiger partial charge on any atom is -0.371 e. The molecular weight excluding hydrogens is 416 g/mol. The van der Waals surface area contributed by atoms with E-state index in [0.29, 0.717) is 19.1 Å². The number of nitrogens with two attached hydrogens (primary N) is 1. The predicted octanol–water partition coefficient (Wildman–Crippen LogP) is 3.48. The number of fused-ring (bicyclic) bond motifs is 2. The average molecular weight is 447 g/mol. The van der Waals surface area contributed by atoms with Crippen LogP contribution < -0.4 is 5.73 Å². The third-order valence-corrected chi connectivity index (χ3v) is 6.74. The van der Waals surface area contributed by atoms with Crippen LogP contribution in [-0.2, 0) is 9.53 Å². The molecule has 0 spiro atoms. The Kier molecular flexibility index (Phi) is 5.42. The molecule has 0 radical (unpaired) electrons. The quantitative estimate of drug-likeness (QED) is 0.489. The van der Waals surface area contributed by atoms with Gasteiger partial charge in [0.25, 0.3) is 0 Å². The second kappa shape index (κ2) is 8.28. The van der Waals surface area contributed by atoms with Crippen molar-refractivity contribution in [1.82, 2.24) is 24.5 Å². The Labute approximate surface area is 192 Å². The lowest BCUT2D eigenvalue weighted by Gasteiger charge is -2.32. The molecule has 0 aliphatic carbocycles. The van der Waals surface area contributed by atoms with Gasteiger partial charge in [0.15, 0.2) is 5.65 Å². The maximum atomic E-state index is 11.4. The Morgan fingerprint density at radius 2 is 2.12 bits per heavy atom. The summed E-state index contributed by atoms with van der Waals surface area (Å²) in [4.78, 5) is 21.5. The van der Waals surface area contributed by atoms with Gasteiger partial charge in [0.05, 0.1) is 24.9 Å². The molecule has 8 heteroatoms. The fraction of sp³-hybridized carbons (Fsp3) is 0.400. The molecule has 1 aliphatic rings. The van der Waals surface area contributed by atoms with Crippen LogP contribution >= 0.6 is 0 Å². The molecule has 0 saturated carbocycles. The number of primary amides is 1. The SMILES string of the molecule is Cc1c(-c2[nH]c3ccc(C4CN(CC(N)=O)CCO4)cc3c2C(C)C)cn2ncnc2c1C. The molecule has 33 heavy (non-hydrogen) atoms. The number of carbonyl (C=O) groups is 1. The number of ether oxygens (including phenoxy) is 1. The molecule has 1 aliphatic heterocycles. The number of morpholine rings is 1. The molecule has 3 aromatic heterocycles. The van der Waals surface area contributed by atoms with Gasteiger partial charge in [-0.15, -0.1) is 0 Å². The first-order chi connectivity index (χ1) is 15.8.